The molecule has 0 bridgehead atoms. The molecule has 2 fully saturated rings. The predicted octanol–water partition coefficient (Wildman–Crippen LogP) is 1.71. The molecule has 22 heavy (non-hydrogen) atoms. The zero-order chi connectivity index (χ0) is 16.2. The summed E-state index contributed by atoms with van der Waals surface area (Å²) in [5.74, 6) is -1.19. The maximum absolute atomic E-state index is 12.4. The van der Waals surface area contributed by atoms with Crippen LogP contribution in [0, 0.1) is 11.8 Å². The first-order chi connectivity index (χ1) is 10.4. The Morgan fingerprint density at radius 2 is 1.82 bits per heavy atom. The van der Waals surface area contributed by atoms with Crippen LogP contribution in [0.25, 0.3) is 0 Å². The Balaban J connectivity index is 1.76. The second kappa shape index (κ2) is 7.75. The van der Waals surface area contributed by atoms with Gasteiger partial charge in [0.1, 0.15) is 0 Å². The van der Waals surface area contributed by atoms with Gasteiger partial charge in [0.05, 0.1) is 24.4 Å². The SMILES string of the molecule is CC(COC1CCCC1)CS(=O)(=O)N1CCC(C(=O)O)CC1. The van der Waals surface area contributed by atoms with Crippen LogP contribution in [0.1, 0.15) is 45.4 Å². The number of hydrogen-bond acceptors (Lipinski definition) is 4. The smallest absolute Gasteiger partial charge is 0.306 e. The summed E-state index contributed by atoms with van der Waals surface area (Å²) >= 11 is 0. The number of sulfonamides is 1. The topological polar surface area (TPSA) is 83.9 Å². The van der Waals surface area contributed by atoms with Crippen molar-refractivity contribution >= 4 is 16.0 Å². The number of carboxylic acid groups (broad SMARTS) is 1. The summed E-state index contributed by atoms with van der Waals surface area (Å²) < 4.78 is 32.0. The van der Waals surface area contributed by atoms with Crippen LogP contribution in [0.5, 0.6) is 0 Å². The van der Waals surface area contributed by atoms with Crippen molar-refractivity contribution in [1.82, 2.24) is 4.31 Å². The van der Waals surface area contributed by atoms with Crippen LogP contribution in [0.3, 0.4) is 0 Å². The van der Waals surface area contributed by atoms with E-state index in [1.54, 1.807) is 0 Å². The minimum absolute atomic E-state index is 0.0391. The fourth-order valence-electron chi connectivity index (χ4n) is 3.25. The summed E-state index contributed by atoms with van der Waals surface area (Å²) in [7, 11) is -3.32. The highest BCUT2D eigenvalue weighted by Crippen LogP contribution is 2.23. The molecular formula is C15H27NO5S. The van der Waals surface area contributed by atoms with Gasteiger partial charge in [-0.2, -0.15) is 0 Å². The molecule has 1 saturated heterocycles. The van der Waals surface area contributed by atoms with Gasteiger partial charge in [0, 0.05) is 13.1 Å². The predicted molar refractivity (Wildman–Crippen MR) is 83.1 cm³/mol. The van der Waals surface area contributed by atoms with E-state index in [1.165, 1.54) is 17.1 Å². The number of hydrogen-bond donors (Lipinski definition) is 1. The summed E-state index contributed by atoms with van der Waals surface area (Å²) in [6.07, 6.45) is 5.69. The van der Waals surface area contributed by atoms with Crippen molar-refractivity contribution < 1.29 is 23.1 Å². The van der Waals surface area contributed by atoms with E-state index in [4.69, 9.17) is 9.84 Å². The van der Waals surface area contributed by atoms with Crippen LogP contribution < -0.4 is 0 Å². The van der Waals surface area contributed by atoms with E-state index in [1.807, 2.05) is 6.92 Å². The highest BCUT2D eigenvalue weighted by Gasteiger charge is 2.32. The molecular weight excluding hydrogens is 306 g/mol. The lowest BCUT2D eigenvalue weighted by Crippen LogP contribution is -2.42. The molecule has 0 radical (unpaired) electrons. The van der Waals surface area contributed by atoms with Gasteiger partial charge < -0.3 is 9.84 Å². The van der Waals surface area contributed by atoms with Gasteiger partial charge >= 0.3 is 5.97 Å². The van der Waals surface area contributed by atoms with E-state index in [-0.39, 0.29) is 11.7 Å². The number of nitrogens with zero attached hydrogens (tertiary/aromatic N) is 1. The van der Waals surface area contributed by atoms with Crippen molar-refractivity contribution in [2.75, 3.05) is 25.4 Å². The maximum atomic E-state index is 12.4. The zero-order valence-corrected chi connectivity index (χ0v) is 14.1. The summed E-state index contributed by atoms with van der Waals surface area (Å²) in [6, 6.07) is 0. The third kappa shape index (κ3) is 4.93. The van der Waals surface area contributed by atoms with Gasteiger partial charge in [0.25, 0.3) is 0 Å². The van der Waals surface area contributed by atoms with Crippen LogP contribution in [0.2, 0.25) is 0 Å². The van der Waals surface area contributed by atoms with E-state index in [2.05, 4.69) is 0 Å². The fraction of sp³-hybridized carbons (Fsp3) is 0.933. The van der Waals surface area contributed by atoms with Crippen LogP contribution in [-0.4, -0.2) is 55.4 Å². The van der Waals surface area contributed by atoms with Crippen molar-refractivity contribution in [3.05, 3.63) is 0 Å². The van der Waals surface area contributed by atoms with Crippen molar-refractivity contribution in [1.29, 1.82) is 0 Å². The number of carbonyl (C=O) groups is 1. The molecule has 1 aliphatic heterocycles. The molecule has 0 amide bonds. The highest BCUT2D eigenvalue weighted by molar-refractivity contribution is 7.89. The summed E-state index contributed by atoms with van der Waals surface area (Å²) in [4.78, 5) is 10.9. The number of rotatable bonds is 7. The van der Waals surface area contributed by atoms with Gasteiger partial charge in [-0.25, -0.2) is 12.7 Å². The Labute approximate surface area is 132 Å². The number of aliphatic carboxylic acids is 1. The van der Waals surface area contributed by atoms with Gasteiger partial charge in [-0.15, -0.1) is 0 Å². The average molecular weight is 333 g/mol. The summed E-state index contributed by atoms with van der Waals surface area (Å²) in [6.45, 7) is 3.01. The second-order valence-electron chi connectivity index (χ2n) is 6.64. The number of piperidine rings is 1. The third-order valence-corrected chi connectivity index (χ3v) is 6.75. The Bertz CT molecular complexity index is 464. The molecule has 0 spiro atoms. The van der Waals surface area contributed by atoms with Crippen molar-refractivity contribution in [2.24, 2.45) is 11.8 Å². The van der Waals surface area contributed by atoms with Crippen LogP contribution >= 0.6 is 0 Å². The van der Waals surface area contributed by atoms with Gasteiger partial charge in [-0.1, -0.05) is 19.8 Å². The monoisotopic (exact) mass is 333 g/mol. The molecule has 2 aliphatic rings. The van der Waals surface area contributed by atoms with Crippen molar-refractivity contribution in [2.45, 2.75) is 51.6 Å². The van der Waals surface area contributed by atoms with Crippen LogP contribution in [-0.2, 0) is 19.6 Å². The van der Waals surface area contributed by atoms with E-state index in [9.17, 15) is 13.2 Å². The molecule has 0 aromatic rings. The molecule has 128 valence electrons. The molecule has 2 rings (SSSR count). The third-order valence-electron chi connectivity index (χ3n) is 4.61. The molecule has 1 heterocycles. The first-order valence-corrected chi connectivity index (χ1v) is 9.81. The Hall–Kier alpha value is -0.660. The molecule has 1 saturated carbocycles. The molecule has 0 aromatic carbocycles. The lowest BCUT2D eigenvalue weighted by Gasteiger charge is -2.30. The normalized spacial score (nSPS) is 23.7. The van der Waals surface area contributed by atoms with Gasteiger partial charge in [-0.3, -0.25) is 4.79 Å². The molecule has 1 aliphatic carbocycles. The Kier molecular flexibility index (Phi) is 6.23. The minimum atomic E-state index is -3.32. The molecule has 6 nitrogen and oxygen atoms in total. The zero-order valence-electron chi connectivity index (χ0n) is 13.2. The van der Waals surface area contributed by atoms with Gasteiger partial charge in [0.2, 0.25) is 10.0 Å². The van der Waals surface area contributed by atoms with Crippen LogP contribution in [0.4, 0.5) is 0 Å². The first-order valence-electron chi connectivity index (χ1n) is 8.20. The summed E-state index contributed by atoms with van der Waals surface area (Å²) in [5, 5.41) is 8.96. The van der Waals surface area contributed by atoms with Gasteiger partial charge in [-0.05, 0) is 31.6 Å². The van der Waals surface area contributed by atoms with Crippen LogP contribution in [0.15, 0.2) is 0 Å². The highest BCUT2D eigenvalue weighted by atomic mass is 32.2. The molecule has 0 aromatic heterocycles. The molecule has 7 heteroatoms. The minimum Gasteiger partial charge on any atom is -0.481 e. The molecule has 1 atom stereocenters. The average Bonchev–Trinajstić information content (AvgIpc) is 2.98. The van der Waals surface area contributed by atoms with E-state index in [0.717, 1.165) is 12.8 Å². The Morgan fingerprint density at radius 1 is 1.23 bits per heavy atom. The van der Waals surface area contributed by atoms with E-state index < -0.39 is 21.9 Å². The molecule has 1 N–H and O–H groups in total. The number of carboxylic acids is 1. The second-order valence-corrected chi connectivity index (χ2v) is 8.65. The van der Waals surface area contributed by atoms with Gasteiger partial charge in [0.15, 0.2) is 0 Å². The number of ether oxygens (including phenoxy) is 1. The van der Waals surface area contributed by atoms with Crippen molar-refractivity contribution in [3.63, 3.8) is 0 Å². The summed E-state index contributed by atoms with van der Waals surface area (Å²) in [5.41, 5.74) is 0. The Morgan fingerprint density at radius 3 is 2.36 bits per heavy atom. The quantitative estimate of drug-likeness (QED) is 0.767. The maximum Gasteiger partial charge on any atom is 0.306 e. The van der Waals surface area contributed by atoms with E-state index in [0.29, 0.717) is 38.6 Å². The fourth-order valence-corrected chi connectivity index (χ4v) is 5.04. The largest absolute Gasteiger partial charge is 0.481 e. The van der Waals surface area contributed by atoms with E-state index >= 15 is 0 Å². The van der Waals surface area contributed by atoms with Crippen molar-refractivity contribution in [3.8, 4) is 0 Å². The standard InChI is InChI=1S/C15H27NO5S/c1-12(10-21-14-4-2-3-5-14)11-22(19,20)16-8-6-13(7-9-16)15(17)18/h12-14H,2-11H2,1H3,(H,17,18). The first kappa shape index (κ1) is 17.7. The lowest BCUT2D eigenvalue weighted by molar-refractivity contribution is -0.142. The molecule has 1 unspecified atom stereocenters. The lowest BCUT2D eigenvalue weighted by atomic mass is 9.99.